The maximum Gasteiger partial charge on any atom is 0.0919 e. The number of likely N-dealkylation sites (tertiary alicyclic amines) is 1. The average Bonchev–Trinajstić information content (AvgIpc) is 3.03. The Balaban J connectivity index is 1.51. The fourth-order valence-corrected chi connectivity index (χ4v) is 4.58. The Morgan fingerprint density at radius 2 is 1.89 bits per heavy atom. The van der Waals surface area contributed by atoms with Crippen molar-refractivity contribution in [3.63, 3.8) is 0 Å². The summed E-state index contributed by atoms with van der Waals surface area (Å²) in [6.45, 7) is 4.69. The minimum atomic E-state index is 0.522. The zero-order valence-corrected chi connectivity index (χ0v) is 12.8. The lowest BCUT2D eigenvalue weighted by molar-refractivity contribution is -0.920. The maximum atomic E-state index is 5.50. The molecule has 1 unspecified atom stereocenters. The zero-order chi connectivity index (χ0) is 12.9. The number of rotatable bonds is 2. The van der Waals surface area contributed by atoms with Crippen LogP contribution >= 0.6 is 15.9 Å². The minimum Gasteiger partial charge on any atom is -0.381 e. The van der Waals surface area contributed by atoms with Crippen LogP contribution in [0, 0.1) is 5.92 Å². The quantitative estimate of drug-likeness (QED) is 0.876. The van der Waals surface area contributed by atoms with Crippen LogP contribution in [0.2, 0.25) is 0 Å². The lowest BCUT2D eigenvalue weighted by atomic mass is 9.95. The van der Waals surface area contributed by atoms with Gasteiger partial charge in [0.15, 0.2) is 0 Å². The topological polar surface area (TPSA) is 13.7 Å². The van der Waals surface area contributed by atoms with Gasteiger partial charge >= 0.3 is 0 Å². The summed E-state index contributed by atoms with van der Waals surface area (Å²) in [7, 11) is 0. The Morgan fingerprint density at radius 1 is 1.16 bits per heavy atom. The molecule has 0 bridgehead atoms. The number of hydrogen-bond acceptors (Lipinski definition) is 1. The second-order valence-electron chi connectivity index (χ2n) is 6.49. The molecule has 0 spiro atoms. The molecule has 0 aromatic heterocycles. The summed E-state index contributed by atoms with van der Waals surface area (Å²) in [5.74, 6) is 0.937. The number of nitrogens with one attached hydrogen (secondary N) is 1. The molecule has 3 heteroatoms. The van der Waals surface area contributed by atoms with Crippen LogP contribution in [-0.4, -0.2) is 32.3 Å². The van der Waals surface area contributed by atoms with E-state index in [2.05, 4.69) is 40.2 Å². The Kier molecular flexibility index (Phi) is 2.98. The van der Waals surface area contributed by atoms with Crippen molar-refractivity contribution < 1.29 is 9.64 Å². The third-order valence-corrected chi connectivity index (χ3v) is 6.03. The van der Waals surface area contributed by atoms with Gasteiger partial charge in [-0.2, -0.15) is 0 Å². The van der Waals surface area contributed by atoms with Crippen molar-refractivity contribution in [2.75, 3.05) is 26.3 Å². The highest BCUT2D eigenvalue weighted by Crippen LogP contribution is 2.55. The summed E-state index contributed by atoms with van der Waals surface area (Å²) >= 11 is 3.54. The number of quaternary nitrogens is 1. The largest absolute Gasteiger partial charge is 0.381 e. The molecule has 1 aliphatic carbocycles. The highest BCUT2D eigenvalue weighted by Gasteiger charge is 2.64. The van der Waals surface area contributed by atoms with E-state index in [4.69, 9.17) is 4.74 Å². The SMILES string of the molecule is Brc1ccc([C@@]23C[C@@H]2C[NH+](C2CCOCC2)C3)cc1. The van der Waals surface area contributed by atoms with Crippen LogP contribution in [-0.2, 0) is 10.2 Å². The van der Waals surface area contributed by atoms with Gasteiger partial charge in [0.05, 0.1) is 37.8 Å². The van der Waals surface area contributed by atoms with E-state index >= 15 is 0 Å². The number of piperidine rings is 1. The molecule has 0 amide bonds. The minimum absolute atomic E-state index is 0.522. The fourth-order valence-electron chi connectivity index (χ4n) is 4.31. The molecule has 1 N–H and O–H groups in total. The van der Waals surface area contributed by atoms with Crippen molar-refractivity contribution in [3.05, 3.63) is 34.3 Å². The second kappa shape index (κ2) is 4.57. The molecule has 1 aromatic carbocycles. The number of fused-ring (bicyclic) bond motifs is 1. The van der Waals surface area contributed by atoms with E-state index < -0.39 is 0 Å². The van der Waals surface area contributed by atoms with E-state index in [-0.39, 0.29) is 0 Å². The van der Waals surface area contributed by atoms with Crippen LogP contribution < -0.4 is 4.90 Å². The average molecular weight is 323 g/mol. The Hall–Kier alpha value is -0.380. The van der Waals surface area contributed by atoms with Crippen LogP contribution in [0.15, 0.2) is 28.7 Å². The third kappa shape index (κ3) is 2.07. The van der Waals surface area contributed by atoms with E-state index in [1.54, 1.807) is 5.56 Å². The van der Waals surface area contributed by atoms with Crippen molar-refractivity contribution in [2.24, 2.45) is 5.92 Å². The van der Waals surface area contributed by atoms with Gasteiger partial charge in [0.2, 0.25) is 0 Å². The fraction of sp³-hybridized carbons (Fsp3) is 0.625. The lowest BCUT2D eigenvalue weighted by Gasteiger charge is -2.30. The maximum absolute atomic E-state index is 5.50. The Labute approximate surface area is 123 Å². The Morgan fingerprint density at radius 3 is 2.63 bits per heavy atom. The lowest BCUT2D eigenvalue weighted by Crippen LogP contribution is -3.15. The predicted octanol–water partition coefficient (Wildman–Crippen LogP) is 1.78. The summed E-state index contributed by atoms with van der Waals surface area (Å²) in [5, 5.41) is 0. The van der Waals surface area contributed by atoms with Gasteiger partial charge in [0, 0.05) is 23.2 Å². The molecule has 102 valence electrons. The smallest absolute Gasteiger partial charge is 0.0919 e. The summed E-state index contributed by atoms with van der Waals surface area (Å²) in [4.78, 5) is 1.85. The molecular weight excluding hydrogens is 302 g/mol. The first-order valence-electron chi connectivity index (χ1n) is 7.46. The summed E-state index contributed by atoms with van der Waals surface area (Å²) in [6, 6.07) is 9.92. The van der Waals surface area contributed by atoms with E-state index in [1.165, 1.54) is 36.8 Å². The number of benzene rings is 1. The second-order valence-corrected chi connectivity index (χ2v) is 7.41. The first kappa shape index (κ1) is 12.4. The van der Waals surface area contributed by atoms with Gasteiger partial charge in [0.1, 0.15) is 0 Å². The molecule has 0 radical (unpaired) electrons. The predicted molar refractivity (Wildman–Crippen MR) is 78.5 cm³/mol. The van der Waals surface area contributed by atoms with Gasteiger partial charge in [-0.25, -0.2) is 0 Å². The van der Waals surface area contributed by atoms with E-state index in [1.807, 2.05) is 4.90 Å². The molecule has 1 aromatic rings. The monoisotopic (exact) mass is 322 g/mol. The molecule has 3 fully saturated rings. The van der Waals surface area contributed by atoms with Crippen molar-refractivity contribution in [1.82, 2.24) is 0 Å². The molecule has 2 heterocycles. The number of hydrogen-bond donors (Lipinski definition) is 1. The van der Waals surface area contributed by atoms with Gasteiger partial charge in [-0.15, -0.1) is 0 Å². The van der Waals surface area contributed by atoms with Crippen molar-refractivity contribution in [1.29, 1.82) is 0 Å². The highest BCUT2D eigenvalue weighted by molar-refractivity contribution is 9.10. The van der Waals surface area contributed by atoms with Gasteiger partial charge in [-0.3, -0.25) is 0 Å². The standard InChI is InChI=1S/C16H20BrNO/c17-14-3-1-12(2-4-14)16-9-13(16)10-18(11-16)15-5-7-19-8-6-15/h1-4,13,15H,5-11H2/p+1/t13-,16+/m1/s1. The summed E-state index contributed by atoms with van der Waals surface area (Å²) < 4.78 is 6.69. The first-order chi connectivity index (χ1) is 9.28. The first-order valence-corrected chi connectivity index (χ1v) is 8.26. The van der Waals surface area contributed by atoms with Gasteiger partial charge in [-0.05, 0) is 24.1 Å². The molecule has 2 aliphatic heterocycles. The van der Waals surface area contributed by atoms with Crippen molar-refractivity contribution in [3.8, 4) is 0 Å². The van der Waals surface area contributed by atoms with Crippen molar-refractivity contribution in [2.45, 2.75) is 30.7 Å². The van der Waals surface area contributed by atoms with Crippen LogP contribution in [0.5, 0.6) is 0 Å². The molecule has 3 atom stereocenters. The van der Waals surface area contributed by atoms with Crippen LogP contribution in [0.25, 0.3) is 0 Å². The van der Waals surface area contributed by atoms with E-state index in [0.29, 0.717) is 5.41 Å². The number of ether oxygens (including phenoxy) is 1. The van der Waals surface area contributed by atoms with E-state index in [9.17, 15) is 0 Å². The van der Waals surface area contributed by atoms with Crippen LogP contribution in [0.3, 0.4) is 0 Å². The van der Waals surface area contributed by atoms with Crippen LogP contribution in [0.4, 0.5) is 0 Å². The normalized spacial score (nSPS) is 38.2. The van der Waals surface area contributed by atoms with Crippen LogP contribution in [0.1, 0.15) is 24.8 Å². The third-order valence-electron chi connectivity index (χ3n) is 5.50. The summed E-state index contributed by atoms with van der Waals surface area (Å²) in [5.41, 5.74) is 2.09. The molecule has 19 heavy (non-hydrogen) atoms. The van der Waals surface area contributed by atoms with Crippen molar-refractivity contribution >= 4 is 15.9 Å². The van der Waals surface area contributed by atoms with Gasteiger partial charge < -0.3 is 9.64 Å². The number of halogens is 1. The molecule has 4 rings (SSSR count). The molecule has 1 saturated carbocycles. The van der Waals surface area contributed by atoms with Gasteiger partial charge in [0.25, 0.3) is 0 Å². The summed E-state index contributed by atoms with van der Waals surface area (Å²) in [6.07, 6.45) is 3.94. The molecular formula is C16H21BrNO+. The molecule has 2 saturated heterocycles. The van der Waals surface area contributed by atoms with Gasteiger partial charge in [-0.1, -0.05) is 28.1 Å². The molecule has 3 aliphatic rings. The molecule has 2 nitrogen and oxygen atoms in total. The Bertz CT molecular complexity index is 468. The zero-order valence-electron chi connectivity index (χ0n) is 11.2. The highest BCUT2D eigenvalue weighted by atomic mass is 79.9. The van der Waals surface area contributed by atoms with E-state index in [0.717, 1.165) is 25.2 Å².